The summed E-state index contributed by atoms with van der Waals surface area (Å²) in [5.74, 6) is 0.127. The molecular formula is C13H18N2O2S. The highest BCUT2D eigenvalue weighted by Gasteiger charge is 2.30. The number of nitrogens with one attached hydrogen (secondary N) is 1. The van der Waals surface area contributed by atoms with Gasteiger partial charge in [-0.3, -0.25) is 9.59 Å². The molecule has 0 radical (unpaired) electrons. The van der Waals surface area contributed by atoms with Gasteiger partial charge >= 0.3 is 0 Å². The van der Waals surface area contributed by atoms with Gasteiger partial charge in [-0.2, -0.15) is 0 Å². The number of thiophene rings is 1. The number of carbonyl (C=O) groups is 2. The van der Waals surface area contributed by atoms with Crippen molar-refractivity contribution < 1.29 is 9.59 Å². The Balaban J connectivity index is 1.68. The number of rotatable bonds is 6. The molecule has 2 rings (SSSR count). The van der Waals surface area contributed by atoms with Crippen LogP contribution in [0.1, 0.15) is 24.6 Å². The lowest BCUT2D eigenvalue weighted by atomic mass is 10.3. The summed E-state index contributed by atoms with van der Waals surface area (Å²) < 4.78 is 0. The molecule has 0 unspecified atom stereocenters. The van der Waals surface area contributed by atoms with E-state index in [0.717, 1.165) is 17.7 Å². The average Bonchev–Trinajstić information content (AvgIpc) is 3.02. The maximum absolute atomic E-state index is 11.6. The van der Waals surface area contributed by atoms with Gasteiger partial charge in [0.25, 0.3) is 0 Å². The van der Waals surface area contributed by atoms with Gasteiger partial charge in [-0.1, -0.05) is 6.07 Å². The van der Waals surface area contributed by atoms with Gasteiger partial charge in [0.2, 0.25) is 11.8 Å². The molecule has 0 bridgehead atoms. The standard InChI is InChI=1S/C13H18N2O2S/c1-10(16)15(11-4-5-11)7-6-14-13(17)9-12-3-2-8-18-12/h2-3,8,11H,4-7,9H2,1H3,(H,14,17). The van der Waals surface area contributed by atoms with Crippen LogP contribution in [0.4, 0.5) is 0 Å². The predicted octanol–water partition coefficient (Wildman–Crippen LogP) is 1.42. The quantitative estimate of drug-likeness (QED) is 0.846. The molecule has 1 saturated carbocycles. The highest BCUT2D eigenvalue weighted by molar-refractivity contribution is 7.10. The van der Waals surface area contributed by atoms with Crippen LogP contribution in [-0.2, 0) is 16.0 Å². The molecular weight excluding hydrogens is 248 g/mol. The first-order valence-electron chi connectivity index (χ1n) is 6.23. The van der Waals surface area contributed by atoms with E-state index in [2.05, 4.69) is 5.32 Å². The Morgan fingerprint density at radius 1 is 1.50 bits per heavy atom. The largest absolute Gasteiger partial charge is 0.354 e. The number of carbonyl (C=O) groups excluding carboxylic acids is 2. The zero-order valence-corrected chi connectivity index (χ0v) is 11.3. The molecule has 18 heavy (non-hydrogen) atoms. The maximum atomic E-state index is 11.6. The van der Waals surface area contributed by atoms with E-state index in [1.807, 2.05) is 22.4 Å². The molecule has 0 saturated heterocycles. The molecule has 5 heteroatoms. The normalized spacial score (nSPS) is 14.3. The lowest BCUT2D eigenvalue weighted by molar-refractivity contribution is -0.130. The highest BCUT2D eigenvalue weighted by atomic mass is 32.1. The van der Waals surface area contributed by atoms with Gasteiger partial charge < -0.3 is 10.2 Å². The molecule has 1 N–H and O–H groups in total. The molecule has 2 amide bonds. The summed E-state index contributed by atoms with van der Waals surface area (Å²) in [4.78, 5) is 25.9. The van der Waals surface area contributed by atoms with E-state index in [1.54, 1.807) is 18.3 Å². The van der Waals surface area contributed by atoms with Crippen LogP contribution in [0.2, 0.25) is 0 Å². The monoisotopic (exact) mass is 266 g/mol. The fourth-order valence-electron chi connectivity index (χ4n) is 1.93. The third kappa shape index (κ3) is 3.84. The second kappa shape index (κ2) is 6.00. The molecule has 1 aromatic heterocycles. The van der Waals surface area contributed by atoms with E-state index in [-0.39, 0.29) is 11.8 Å². The minimum atomic E-state index is 0.0248. The second-order valence-electron chi connectivity index (χ2n) is 4.55. The van der Waals surface area contributed by atoms with E-state index in [4.69, 9.17) is 0 Å². The Hall–Kier alpha value is -1.36. The lowest BCUT2D eigenvalue weighted by Gasteiger charge is -2.20. The Labute approximate surface area is 111 Å². The summed E-state index contributed by atoms with van der Waals surface area (Å²) in [7, 11) is 0. The van der Waals surface area contributed by atoms with Crippen molar-refractivity contribution in [3.63, 3.8) is 0 Å². The number of amides is 2. The van der Waals surface area contributed by atoms with E-state index in [0.29, 0.717) is 25.6 Å². The minimum Gasteiger partial charge on any atom is -0.354 e. The predicted molar refractivity (Wildman–Crippen MR) is 71.4 cm³/mol. The fraction of sp³-hybridized carbons (Fsp3) is 0.538. The summed E-state index contributed by atoms with van der Waals surface area (Å²) in [6, 6.07) is 4.31. The van der Waals surface area contributed by atoms with Crippen molar-refractivity contribution in [2.75, 3.05) is 13.1 Å². The smallest absolute Gasteiger partial charge is 0.225 e. The molecule has 1 aliphatic rings. The van der Waals surface area contributed by atoms with Crippen molar-refractivity contribution in [1.29, 1.82) is 0 Å². The zero-order valence-electron chi connectivity index (χ0n) is 10.5. The van der Waals surface area contributed by atoms with Gasteiger partial charge in [-0.15, -0.1) is 11.3 Å². The molecule has 0 aliphatic heterocycles. The second-order valence-corrected chi connectivity index (χ2v) is 5.58. The van der Waals surface area contributed by atoms with Gasteiger partial charge in [0.05, 0.1) is 6.42 Å². The average molecular weight is 266 g/mol. The summed E-state index contributed by atoms with van der Waals surface area (Å²) in [6.07, 6.45) is 2.63. The summed E-state index contributed by atoms with van der Waals surface area (Å²) in [5.41, 5.74) is 0. The van der Waals surface area contributed by atoms with E-state index in [1.165, 1.54) is 0 Å². The summed E-state index contributed by atoms with van der Waals surface area (Å²) in [6.45, 7) is 2.75. The van der Waals surface area contributed by atoms with Crippen LogP contribution < -0.4 is 5.32 Å². The molecule has 4 nitrogen and oxygen atoms in total. The fourth-order valence-corrected chi connectivity index (χ4v) is 2.64. The van der Waals surface area contributed by atoms with Crippen molar-refractivity contribution in [2.45, 2.75) is 32.2 Å². The Morgan fingerprint density at radius 2 is 2.28 bits per heavy atom. The Kier molecular flexibility index (Phi) is 4.36. The molecule has 0 spiro atoms. The first-order valence-corrected chi connectivity index (χ1v) is 7.11. The summed E-state index contributed by atoms with van der Waals surface area (Å²) >= 11 is 1.59. The number of nitrogens with zero attached hydrogens (tertiary/aromatic N) is 1. The van der Waals surface area contributed by atoms with Crippen LogP contribution in [0, 0.1) is 0 Å². The maximum Gasteiger partial charge on any atom is 0.225 e. The molecule has 0 atom stereocenters. The number of hydrogen-bond acceptors (Lipinski definition) is 3. The Morgan fingerprint density at radius 3 is 2.83 bits per heavy atom. The van der Waals surface area contributed by atoms with Gasteiger partial charge in [-0.05, 0) is 24.3 Å². The van der Waals surface area contributed by atoms with Crippen LogP contribution in [0.5, 0.6) is 0 Å². The van der Waals surface area contributed by atoms with E-state index < -0.39 is 0 Å². The molecule has 1 fully saturated rings. The van der Waals surface area contributed by atoms with Crippen LogP contribution in [0.15, 0.2) is 17.5 Å². The van der Waals surface area contributed by atoms with Crippen LogP contribution in [-0.4, -0.2) is 35.8 Å². The van der Waals surface area contributed by atoms with E-state index >= 15 is 0 Å². The zero-order chi connectivity index (χ0) is 13.0. The first-order chi connectivity index (χ1) is 8.66. The van der Waals surface area contributed by atoms with Crippen molar-refractivity contribution in [2.24, 2.45) is 0 Å². The molecule has 98 valence electrons. The Bertz CT molecular complexity index is 413. The van der Waals surface area contributed by atoms with Crippen LogP contribution in [0.3, 0.4) is 0 Å². The minimum absolute atomic E-state index is 0.0248. The van der Waals surface area contributed by atoms with Crippen LogP contribution >= 0.6 is 11.3 Å². The molecule has 1 aromatic rings. The van der Waals surface area contributed by atoms with Crippen molar-refractivity contribution in [1.82, 2.24) is 10.2 Å². The van der Waals surface area contributed by atoms with Crippen LogP contribution in [0.25, 0.3) is 0 Å². The number of hydrogen-bond donors (Lipinski definition) is 1. The molecule has 1 aliphatic carbocycles. The highest BCUT2D eigenvalue weighted by Crippen LogP contribution is 2.26. The summed E-state index contributed by atoms with van der Waals surface area (Å²) in [5, 5.41) is 4.83. The van der Waals surface area contributed by atoms with E-state index in [9.17, 15) is 9.59 Å². The SMILES string of the molecule is CC(=O)N(CCNC(=O)Cc1cccs1)C1CC1. The van der Waals surface area contributed by atoms with Crippen molar-refractivity contribution >= 4 is 23.2 Å². The lowest BCUT2D eigenvalue weighted by Crippen LogP contribution is -2.39. The molecule has 0 aromatic carbocycles. The van der Waals surface area contributed by atoms with Gasteiger partial charge in [0.15, 0.2) is 0 Å². The van der Waals surface area contributed by atoms with Gasteiger partial charge in [0, 0.05) is 30.9 Å². The van der Waals surface area contributed by atoms with Gasteiger partial charge in [0.1, 0.15) is 0 Å². The third-order valence-electron chi connectivity index (χ3n) is 2.98. The van der Waals surface area contributed by atoms with Crippen molar-refractivity contribution in [3.8, 4) is 0 Å². The third-order valence-corrected chi connectivity index (χ3v) is 3.86. The van der Waals surface area contributed by atoms with Crippen molar-refractivity contribution in [3.05, 3.63) is 22.4 Å². The first kappa shape index (κ1) is 13.1. The van der Waals surface area contributed by atoms with Gasteiger partial charge in [-0.25, -0.2) is 0 Å². The topological polar surface area (TPSA) is 49.4 Å². The molecule has 1 heterocycles.